The van der Waals surface area contributed by atoms with Gasteiger partial charge >= 0.3 is 0 Å². The molecule has 1 atom stereocenters. The van der Waals surface area contributed by atoms with Crippen molar-refractivity contribution in [3.63, 3.8) is 0 Å². The summed E-state index contributed by atoms with van der Waals surface area (Å²) in [4.78, 5) is 0. The summed E-state index contributed by atoms with van der Waals surface area (Å²) in [6.07, 6.45) is 0.714. The monoisotopic (exact) mass is 347 g/mol. The van der Waals surface area contributed by atoms with Gasteiger partial charge in [0.2, 0.25) is 5.89 Å². The summed E-state index contributed by atoms with van der Waals surface area (Å²) in [5.41, 5.74) is 0.120. The number of hydrogen-bond acceptors (Lipinski definition) is 7. The zero-order valence-corrected chi connectivity index (χ0v) is 15.2. The van der Waals surface area contributed by atoms with Gasteiger partial charge in [0.25, 0.3) is 5.89 Å². The van der Waals surface area contributed by atoms with Crippen molar-refractivity contribution in [1.29, 1.82) is 0 Å². The number of rotatable bonds is 7. The maximum atomic E-state index is 5.83. The van der Waals surface area contributed by atoms with E-state index in [1.165, 1.54) is 0 Å². The van der Waals surface area contributed by atoms with Crippen molar-refractivity contribution in [2.75, 3.05) is 27.4 Å². The Labute approximate surface area is 147 Å². The van der Waals surface area contributed by atoms with Gasteiger partial charge in [-0.05, 0) is 19.9 Å². The minimum atomic E-state index is -0.622. The lowest BCUT2D eigenvalue weighted by Gasteiger charge is -2.28. The largest absolute Gasteiger partial charge is 0.496 e. The highest BCUT2D eigenvalue weighted by molar-refractivity contribution is 5.38. The van der Waals surface area contributed by atoms with Crippen LogP contribution in [0.15, 0.2) is 28.7 Å². The number of methoxy groups -OCH3 is 2. The first-order chi connectivity index (χ1) is 12.0. The molecular formula is C18H25N3O4. The minimum Gasteiger partial charge on any atom is -0.496 e. The van der Waals surface area contributed by atoms with Gasteiger partial charge < -0.3 is 18.6 Å². The molecule has 3 rings (SSSR count). The van der Waals surface area contributed by atoms with Crippen molar-refractivity contribution >= 4 is 0 Å². The predicted octanol–water partition coefficient (Wildman–Crippen LogP) is 2.37. The third kappa shape index (κ3) is 3.53. The van der Waals surface area contributed by atoms with Crippen LogP contribution in [-0.4, -0.2) is 37.6 Å². The molecule has 136 valence electrons. The number of ether oxygens (including phenoxy) is 3. The molecule has 0 aliphatic carbocycles. The highest BCUT2D eigenvalue weighted by atomic mass is 16.6. The zero-order valence-electron chi connectivity index (χ0n) is 15.2. The van der Waals surface area contributed by atoms with Crippen molar-refractivity contribution in [2.24, 2.45) is 0 Å². The Kier molecular flexibility index (Phi) is 5.08. The summed E-state index contributed by atoms with van der Waals surface area (Å²) in [5, 5.41) is 11.8. The number of nitrogens with one attached hydrogen (secondary N) is 1. The molecular weight excluding hydrogens is 322 g/mol. The lowest BCUT2D eigenvalue weighted by atomic mass is 9.93. The topological polar surface area (TPSA) is 78.6 Å². The first kappa shape index (κ1) is 17.8. The smallest absolute Gasteiger partial charge is 0.250 e. The molecule has 7 nitrogen and oxygen atoms in total. The molecule has 1 aliphatic rings. The number of benzene rings is 1. The van der Waals surface area contributed by atoms with Crippen LogP contribution in [0, 0.1) is 0 Å². The second-order valence-electron chi connectivity index (χ2n) is 6.68. The summed E-state index contributed by atoms with van der Waals surface area (Å²) < 4.78 is 22.3. The van der Waals surface area contributed by atoms with Gasteiger partial charge in [-0.25, -0.2) is 0 Å². The molecule has 25 heavy (non-hydrogen) atoms. The van der Waals surface area contributed by atoms with Crippen molar-refractivity contribution in [2.45, 2.75) is 38.0 Å². The van der Waals surface area contributed by atoms with Crippen LogP contribution in [0.5, 0.6) is 5.75 Å². The van der Waals surface area contributed by atoms with Crippen molar-refractivity contribution in [3.8, 4) is 5.75 Å². The Morgan fingerprint density at radius 2 is 2.04 bits per heavy atom. The second-order valence-corrected chi connectivity index (χ2v) is 6.68. The van der Waals surface area contributed by atoms with Crippen LogP contribution < -0.4 is 10.1 Å². The molecule has 1 aliphatic heterocycles. The van der Waals surface area contributed by atoms with E-state index in [9.17, 15) is 0 Å². The number of para-hydroxylation sites is 1. The Morgan fingerprint density at radius 1 is 1.24 bits per heavy atom. The van der Waals surface area contributed by atoms with E-state index >= 15 is 0 Å². The van der Waals surface area contributed by atoms with Crippen LogP contribution in [0.3, 0.4) is 0 Å². The summed E-state index contributed by atoms with van der Waals surface area (Å²) in [6.45, 7) is 5.68. The average Bonchev–Trinajstić information content (AvgIpc) is 3.30. The predicted molar refractivity (Wildman–Crippen MR) is 91.3 cm³/mol. The maximum Gasteiger partial charge on any atom is 0.250 e. The Balaban J connectivity index is 1.71. The van der Waals surface area contributed by atoms with Gasteiger partial charge in [0.15, 0.2) is 5.60 Å². The van der Waals surface area contributed by atoms with Gasteiger partial charge in [-0.15, -0.1) is 10.2 Å². The normalized spacial score (nSPS) is 20.8. The summed E-state index contributed by atoms with van der Waals surface area (Å²) >= 11 is 0. The third-order valence-electron chi connectivity index (χ3n) is 4.69. The van der Waals surface area contributed by atoms with Crippen LogP contribution in [0.1, 0.15) is 37.6 Å². The summed E-state index contributed by atoms with van der Waals surface area (Å²) in [6, 6.07) is 7.94. The lowest BCUT2D eigenvalue weighted by Crippen LogP contribution is -2.36. The quantitative estimate of drug-likeness (QED) is 0.824. The highest BCUT2D eigenvalue weighted by Crippen LogP contribution is 2.33. The van der Waals surface area contributed by atoms with Gasteiger partial charge in [0, 0.05) is 24.6 Å². The van der Waals surface area contributed by atoms with Crippen molar-refractivity contribution < 1.29 is 18.6 Å². The van der Waals surface area contributed by atoms with E-state index in [1.54, 1.807) is 14.2 Å². The van der Waals surface area contributed by atoms with Crippen LogP contribution >= 0.6 is 0 Å². The van der Waals surface area contributed by atoms with Crippen LogP contribution in [0.4, 0.5) is 0 Å². The summed E-state index contributed by atoms with van der Waals surface area (Å²) in [7, 11) is 3.31. The molecule has 1 aromatic heterocycles. The maximum absolute atomic E-state index is 5.83. The van der Waals surface area contributed by atoms with E-state index < -0.39 is 5.60 Å². The van der Waals surface area contributed by atoms with Crippen molar-refractivity contribution in [3.05, 3.63) is 41.6 Å². The fourth-order valence-corrected chi connectivity index (χ4v) is 3.03. The average molecular weight is 347 g/mol. The summed E-state index contributed by atoms with van der Waals surface area (Å²) in [5.74, 6) is 1.83. The molecule has 2 aromatic rings. The molecule has 0 radical (unpaired) electrons. The van der Waals surface area contributed by atoms with Crippen LogP contribution in [0.25, 0.3) is 0 Å². The minimum absolute atomic E-state index is 0.323. The molecule has 0 spiro atoms. The van der Waals surface area contributed by atoms with E-state index in [0.717, 1.165) is 11.3 Å². The molecule has 0 bridgehead atoms. The van der Waals surface area contributed by atoms with Gasteiger partial charge in [-0.3, -0.25) is 5.32 Å². The molecule has 1 aromatic carbocycles. The number of nitrogens with zero attached hydrogens (tertiary/aromatic N) is 2. The lowest BCUT2D eigenvalue weighted by molar-refractivity contribution is -0.0417. The molecule has 1 N–H and O–H groups in total. The van der Waals surface area contributed by atoms with E-state index in [-0.39, 0.29) is 5.54 Å². The fraction of sp³-hybridized carbons (Fsp3) is 0.556. The van der Waals surface area contributed by atoms with E-state index in [2.05, 4.69) is 29.4 Å². The number of hydrogen-bond donors (Lipinski definition) is 1. The molecule has 1 unspecified atom stereocenters. The first-order valence-corrected chi connectivity index (χ1v) is 8.35. The Morgan fingerprint density at radius 3 is 2.72 bits per heavy atom. The highest BCUT2D eigenvalue weighted by Gasteiger charge is 2.42. The zero-order chi connectivity index (χ0) is 17.9. The van der Waals surface area contributed by atoms with Crippen LogP contribution in [-0.2, 0) is 27.2 Å². The Hall–Kier alpha value is -1.96. The van der Waals surface area contributed by atoms with Gasteiger partial charge in [-0.2, -0.15) is 0 Å². The third-order valence-corrected chi connectivity index (χ3v) is 4.69. The molecule has 2 heterocycles. The molecule has 1 fully saturated rings. The SMILES string of the molecule is COc1ccccc1C(C)(C)NCc1nnc(C2(OC)CCOC2)o1. The van der Waals surface area contributed by atoms with Gasteiger partial charge in [0.1, 0.15) is 5.75 Å². The van der Waals surface area contributed by atoms with Crippen molar-refractivity contribution in [1.82, 2.24) is 15.5 Å². The molecule has 1 saturated heterocycles. The van der Waals surface area contributed by atoms with E-state index in [1.807, 2.05) is 24.3 Å². The molecule has 0 amide bonds. The van der Waals surface area contributed by atoms with Crippen LogP contribution in [0.2, 0.25) is 0 Å². The van der Waals surface area contributed by atoms with Gasteiger partial charge in [-0.1, -0.05) is 18.2 Å². The first-order valence-electron chi connectivity index (χ1n) is 8.35. The molecule has 7 heteroatoms. The van der Waals surface area contributed by atoms with E-state index in [4.69, 9.17) is 18.6 Å². The standard InChI is InChI=1S/C18H25N3O4/c1-17(2,13-7-5-6-8-14(13)22-3)19-11-15-20-21-16(25-15)18(23-4)9-10-24-12-18/h5-8,19H,9-12H2,1-4H3. The van der Waals surface area contributed by atoms with E-state index in [0.29, 0.717) is 38.0 Å². The molecule has 0 saturated carbocycles. The fourth-order valence-electron chi connectivity index (χ4n) is 3.03. The Bertz CT molecular complexity index is 708. The van der Waals surface area contributed by atoms with Gasteiger partial charge in [0.05, 0.1) is 26.9 Å². The number of aromatic nitrogens is 2. The second kappa shape index (κ2) is 7.11.